The van der Waals surface area contributed by atoms with Crippen LogP contribution in [-0.2, 0) is 42.2 Å². The first-order valence-electron chi connectivity index (χ1n) is 27.8. The van der Waals surface area contributed by atoms with Crippen LogP contribution in [0.25, 0.3) is 0 Å². The van der Waals surface area contributed by atoms with Gasteiger partial charge in [0.15, 0.2) is 6.10 Å². The lowest BCUT2D eigenvalue weighted by Crippen LogP contribution is -2.30. The summed E-state index contributed by atoms with van der Waals surface area (Å²) in [7, 11) is -4.76. The Labute approximate surface area is 427 Å². The first-order chi connectivity index (χ1) is 34.2. The van der Waals surface area contributed by atoms with Crippen molar-refractivity contribution in [3.8, 4) is 0 Å². The number of carbonyl (C=O) groups is 3. The molecule has 0 amide bonds. The van der Waals surface area contributed by atoms with Crippen LogP contribution in [-0.4, -0.2) is 66.5 Å². The second-order valence-electron chi connectivity index (χ2n) is 18.4. The summed E-state index contributed by atoms with van der Waals surface area (Å²) in [5.74, 6) is -1.56. The molecule has 11 nitrogen and oxygen atoms in total. The quantitative estimate of drug-likeness (QED) is 0.0197. The molecule has 3 atom stereocenters. The zero-order valence-electron chi connectivity index (χ0n) is 44.5. The molecule has 0 radical (unpaired) electrons. The van der Waals surface area contributed by atoms with Crippen molar-refractivity contribution in [3.63, 3.8) is 0 Å². The van der Waals surface area contributed by atoms with E-state index in [0.717, 1.165) is 89.9 Å². The molecule has 12 heteroatoms. The lowest BCUT2D eigenvalue weighted by Gasteiger charge is -2.21. The van der Waals surface area contributed by atoms with E-state index < -0.39 is 57.8 Å². The molecule has 0 aromatic heterocycles. The largest absolute Gasteiger partial charge is 0.472 e. The highest BCUT2D eigenvalue weighted by Crippen LogP contribution is 2.43. The van der Waals surface area contributed by atoms with Crippen LogP contribution in [0.5, 0.6) is 0 Å². The lowest BCUT2D eigenvalue weighted by molar-refractivity contribution is -0.161. The van der Waals surface area contributed by atoms with Gasteiger partial charge in [-0.05, 0) is 77.0 Å². The minimum absolute atomic E-state index is 0.0543. The van der Waals surface area contributed by atoms with Crippen molar-refractivity contribution in [1.29, 1.82) is 0 Å². The minimum atomic E-state index is -4.76. The van der Waals surface area contributed by atoms with Gasteiger partial charge in [-0.1, -0.05) is 216 Å². The first kappa shape index (κ1) is 66.9. The van der Waals surface area contributed by atoms with E-state index >= 15 is 0 Å². The zero-order chi connectivity index (χ0) is 51.3. The number of rotatable bonds is 51. The van der Waals surface area contributed by atoms with Gasteiger partial charge in [-0.2, -0.15) is 0 Å². The maximum absolute atomic E-state index is 12.9. The number of aliphatic hydroxyl groups is 1. The van der Waals surface area contributed by atoms with Gasteiger partial charge in [0.1, 0.15) is 12.7 Å². The number of esters is 3. The van der Waals surface area contributed by atoms with Crippen molar-refractivity contribution in [2.75, 3.05) is 26.4 Å². The lowest BCUT2D eigenvalue weighted by atomic mass is 10.0. The van der Waals surface area contributed by atoms with Gasteiger partial charge in [0.25, 0.3) is 0 Å². The molecule has 3 unspecified atom stereocenters. The Kier molecular flexibility index (Phi) is 50.0. The van der Waals surface area contributed by atoms with Crippen molar-refractivity contribution in [3.05, 3.63) is 72.9 Å². The first-order valence-corrected chi connectivity index (χ1v) is 29.3. The molecule has 70 heavy (non-hydrogen) atoms. The Morgan fingerprint density at radius 2 is 0.771 bits per heavy atom. The maximum atomic E-state index is 12.9. The number of hydrogen-bond acceptors (Lipinski definition) is 10. The molecule has 0 aliphatic rings. The molecule has 404 valence electrons. The van der Waals surface area contributed by atoms with Gasteiger partial charge in [0.05, 0.1) is 19.8 Å². The van der Waals surface area contributed by atoms with Crippen LogP contribution < -0.4 is 0 Å². The number of carbonyl (C=O) groups excluding carboxylic acids is 3. The fourth-order valence-electron chi connectivity index (χ4n) is 7.40. The van der Waals surface area contributed by atoms with Gasteiger partial charge in [-0.25, -0.2) is 4.57 Å². The van der Waals surface area contributed by atoms with Crippen LogP contribution in [0.1, 0.15) is 239 Å². The Morgan fingerprint density at radius 1 is 0.414 bits per heavy atom. The number of allylic oxidation sites excluding steroid dienone is 12. The summed E-state index contributed by atoms with van der Waals surface area (Å²) >= 11 is 0. The third-order valence-corrected chi connectivity index (χ3v) is 12.6. The molecule has 0 heterocycles. The van der Waals surface area contributed by atoms with E-state index in [2.05, 4.69) is 81.5 Å². The number of unbranched alkanes of at least 4 members (excludes halogenated alkanes) is 22. The van der Waals surface area contributed by atoms with E-state index in [9.17, 15) is 28.9 Å². The van der Waals surface area contributed by atoms with Crippen molar-refractivity contribution < 1.29 is 52.2 Å². The highest BCUT2D eigenvalue weighted by Gasteiger charge is 2.28. The van der Waals surface area contributed by atoms with E-state index in [1.807, 2.05) is 12.2 Å². The Morgan fingerprint density at radius 3 is 1.26 bits per heavy atom. The van der Waals surface area contributed by atoms with E-state index in [1.165, 1.54) is 89.9 Å². The van der Waals surface area contributed by atoms with E-state index in [4.69, 9.17) is 23.3 Å². The second-order valence-corrected chi connectivity index (χ2v) is 19.8. The molecule has 0 aromatic rings. The van der Waals surface area contributed by atoms with Crippen LogP contribution in [0.3, 0.4) is 0 Å². The molecular formula is C58H101O11P. The monoisotopic (exact) mass is 1000 g/mol. The molecule has 0 aliphatic heterocycles. The summed E-state index contributed by atoms with van der Waals surface area (Å²) in [6.45, 7) is 4.41. The summed E-state index contributed by atoms with van der Waals surface area (Å²) < 4.78 is 39.4. The molecule has 2 N–H and O–H groups in total. The number of phosphoric ester groups is 1. The summed E-state index contributed by atoms with van der Waals surface area (Å²) in [5, 5.41) is 9.77. The van der Waals surface area contributed by atoms with Crippen molar-refractivity contribution >= 4 is 25.7 Å². The molecule has 0 rings (SSSR count). The minimum Gasteiger partial charge on any atom is -0.462 e. The van der Waals surface area contributed by atoms with Gasteiger partial charge in [-0.15, -0.1) is 0 Å². The molecule has 0 saturated heterocycles. The van der Waals surface area contributed by atoms with E-state index in [0.29, 0.717) is 19.3 Å². The van der Waals surface area contributed by atoms with Crippen molar-refractivity contribution in [1.82, 2.24) is 0 Å². The Hall–Kier alpha value is -3.08. The highest BCUT2D eigenvalue weighted by atomic mass is 31.2. The smallest absolute Gasteiger partial charge is 0.462 e. The average molecular weight is 1010 g/mol. The van der Waals surface area contributed by atoms with Gasteiger partial charge in [0, 0.05) is 19.3 Å². The van der Waals surface area contributed by atoms with Crippen LogP contribution in [0, 0.1) is 0 Å². The summed E-state index contributed by atoms with van der Waals surface area (Å²) in [6, 6.07) is 0. The second kappa shape index (κ2) is 52.2. The zero-order valence-corrected chi connectivity index (χ0v) is 45.4. The van der Waals surface area contributed by atoms with E-state index in [-0.39, 0.29) is 25.9 Å². The summed E-state index contributed by atoms with van der Waals surface area (Å²) in [4.78, 5) is 48.4. The SMILES string of the molecule is CC/C=C\C/C=C\C/C=C\C/C=C\CCC(=O)OC(CO)COP(=O)(O)OCC(COC(=O)CCCCCCC/C=C\C/C=C\CCCCC)OC(=O)CCCCCCCCCCCCCCCCC. The normalized spacial score (nSPS) is 14.0. The number of phosphoric acid groups is 1. The third kappa shape index (κ3) is 49.9. The molecule has 0 bridgehead atoms. The Bertz CT molecular complexity index is 1450. The van der Waals surface area contributed by atoms with Crippen LogP contribution in [0.2, 0.25) is 0 Å². The summed E-state index contributed by atoms with van der Waals surface area (Å²) in [5.41, 5.74) is 0. The van der Waals surface area contributed by atoms with Gasteiger partial charge in [-0.3, -0.25) is 23.4 Å². The third-order valence-electron chi connectivity index (χ3n) is 11.6. The molecule has 0 aromatic carbocycles. The number of ether oxygens (including phenoxy) is 3. The molecule has 0 fully saturated rings. The van der Waals surface area contributed by atoms with E-state index in [1.54, 1.807) is 0 Å². The number of aliphatic hydroxyl groups excluding tert-OH is 1. The topological polar surface area (TPSA) is 155 Å². The van der Waals surface area contributed by atoms with Crippen LogP contribution in [0.4, 0.5) is 0 Å². The molecule has 0 aliphatic carbocycles. The highest BCUT2D eigenvalue weighted by molar-refractivity contribution is 7.47. The standard InChI is InChI=1S/C58H101O11P/c1-4-7-10-13-16-19-22-25-27-30-32-35-38-41-44-47-56(60)65-51-55(69-58(62)49-46-43-40-37-34-31-28-26-23-20-17-14-11-8-5-2)53-67-70(63,64)66-52-54(50-59)68-57(61)48-45-42-39-36-33-29-24-21-18-15-12-9-6-3/h9,12,16,18-19,21,25,27,29,33,39,42,54-55,59H,4-8,10-11,13-15,17,20,22-24,26,28,30-32,34-38,40-41,43-53H2,1-3H3,(H,63,64)/b12-9-,19-16-,21-18-,27-25-,33-29-,42-39-. The predicted octanol–water partition coefficient (Wildman–Crippen LogP) is 16.1. The van der Waals surface area contributed by atoms with Gasteiger partial charge < -0.3 is 24.2 Å². The fourth-order valence-corrected chi connectivity index (χ4v) is 8.18. The van der Waals surface area contributed by atoms with Crippen molar-refractivity contribution in [2.45, 2.75) is 251 Å². The van der Waals surface area contributed by atoms with Gasteiger partial charge >= 0.3 is 25.7 Å². The fraction of sp³-hybridized carbons (Fsp3) is 0.741. The van der Waals surface area contributed by atoms with Crippen molar-refractivity contribution in [2.24, 2.45) is 0 Å². The Balaban J connectivity index is 4.80. The summed E-state index contributed by atoms with van der Waals surface area (Å²) in [6.07, 6.45) is 57.4. The maximum Gasteiger partial charge on any atom is 0.472 e. The van der Waals surface area contributed by atoms with Crippen LogP contribution >= 0.6 is 7.82 Å². The number of hydrogen-bond donors (Lipinski definition) is 2. The van der Waals surface area contributed by atoms with Crippen LogP contribution in [0.15, 0.2) is 72.9 Å². The van der Waals surface area contributed by atoms with Gasteiger partial charge in [0.2, 0.25) is 0 Å². The predicted molar refractivity (Wildman–Crippen MR) is 288 cm³/mol. The molecular weight excluding hydrogens is 904 g/mol. The average Bonchev–Trinajstić information content (AvgIpc) is 3.35. The molecule has 0 spiro atoms. The molecule has 0 saturated carbocycles.